The zero-order chi connectivity index (χ0) is 16.7. The number of hydrogen-bond acceptors (Lipinski definition) is 4. The average molecular weight is 318 g/mol. The van der Waals surface area contributed by atoms with Crippen molar-refractivity contribution in [3.63, 3.8) is 0 Å². The first-order chi connectivity index (χ1) is 11.1. The Bertz CT molecular complexity index is 536. The molecule has 0 heterocycles. The minimum atomic E-state index is -0.239. The molecule has 0 bridgehead atoms. The van der Waals surface area contributed by atoms with Crippen molar-refractivity contribution in [2.45, 2.75) is 26.2 Å². The van der Waals surface area contributed by atoms with Crippen LogP contribution in [0.15, 0.2) is 47.3 Å². The second-order valence-corrected chi connectivity index (χ2v) is 6.01. The lowest BCUT2D eigenvalue weighted by molar-refractivity contribution is -0.139. The van der Waals surface area contributed by atoms with E-state index in [2.05, 4.69) is 13.0 Å². The number of methoxy groups -OCH3 is 2. The highest BCUT2D eigenvalue weighted by Crippen LogP contribution is 2.31. The molecule has 0 aromatic carbocycles. The van der Waals surface area contributed by atoms with E-state index in [1.54, 1.807) is 7.11 Å². The quantitative estimate of drug-likeness (QED) is 0.370. The Morgan fingerprint density at radius 3 is 2.74 bits per heavy atom. The van der Waals surface area contributed by atoms with Crippen LogP contribution in [0.3, 0.4) is 0 Å². The van der Waals surface area contributed by atoms with E-state index < -0.39 is 0 Å². The molecule has 1 atom stereocenters. The van der Waals surface area contributed by atoms with Gasteiger partial charge in [0.05, 0.1) is 27.2 Å². The molecule has 1 unspecified atom stereocenters. The summed E-state index contributed by atoms with van der Waals surface area (Å²) in [6, 6.07) is 0. The third kappa shape index (κ3) is 5.71. The molecule has 23 heavy (non-hydrogen) atoms. The summed E-state index contributed by atoms with van der Waals surface area (Å²) in [5.74, 6) is 1.52. The van der Waals surface area contributed by atoms with Crippen molar-refractivity contribution in [2.75, 3.05) is 27.4 Å². The predicted octanol–water partition coefficient (Wildman–Crippen LogP) is 3.57. The van der Waals surface area contributed by atoms with Crippen LogP contribution in [0.1, 0.15) is 26.2 Å². The molecule has 0 spiro atoms. The number of rotatable bonds is 9. The van der Waals surface area contributed by atoms with Crippen molar-refractivity contribution in [1.29, 1.82) is 0 Å². The molecule has 0 saturated heterocycles. The van der Waals surface area contributed by atoms with E-state index in [1.807, 2.05) is 24.3 Å². The molecule has 0 aromatic heterocycles. The van der Waals surface area contributed by atoms with Crippen LogP contribution in [0.25, 0.3) is 0 Å². The van der Waals surface area contributed by atoms with E-state index in [0.717, 1.165) is 23.9 Å². The van der Waals surface area contributed by atoms with Gasteiger partial charge >= 0.3 is 5.97 Å². The third-order valence-corrected chi connectivity index (χ3v) is 4.09. The first-order valence-electron chi connectivity index (χ1n) is 8.09. The van der Waals surface area contributed by atoms with Crippen LogP contribution < -0.4 is 0 Å². The predicted molar refractivity (Wildman–Crippen MR) is 89.7 cm³/mol. The van der Waals surface area contributed by atoms with Gasteiger partial charge in [-0.2, -0.15) is 0 Å². The Morgan fingerprint density at radius 1 is 1.35 bits per heavy atom. The van der Waals surface area contributed by atoms with E-state index >= 15 is 0 Å². The van der Waals surface area contributed by atoms with Crippen LogP contribution in [0.5, 0.6) is 0 Å². The Kier molecular flexibility index (Phi) is 6.66. The lowest BCUT2D eigenvalue weighted by Gasteiger charge is -2.12. The Hall–Kier alpha value is -1.81. The zero-order valence-electron chi connectivity index (χ0n) is 14.2. The van der Waals surface area contributed by atoms with Crippen LogP contribution in [-0.2, 0) is 19.0 Å². The lowest BCUT2D eigenvalue weighted by Crippen LogP contribution is -2.03. The van der Waals surface area contributed by atoms with Crippen molar-refractivity contribution in [3.05, 3.63) is 47.3 Å². The number of esters is 1. The van der Waals surface area contributed by atoms with Gasteiger partial charge in [-0.25, -0.2) is 0 Å². The minimum absolute atomic E-state index is 0.134. The fraction of sp³-hybridized carbons (Fsp3) is 0.526. The highest BCUT2D eigenvalue weighted by Gasteiger charge is 2.21. The smallest absolute Gasteiger partial charge is 0.309 e. The summed E-state index contributed by atoms with van der Waals surface area (Å²) >= 11 is 0. The van der Waals surface area contributed by atoms with Gasteiger partial charge in [-0.1, -0.05) is 23.8 Å². The second kappa shape index (κ2) is 8.73. The largest absolute Gasteiger partial charge is 0.497 e. The van der Waals surface area contributed by atoms with E-state index in [1.165, 1.54) is 25.5 Å². The maximum Gasteiger partial charge on any atom is 0.309 e. The van der Waals surface area contributed by atoms with Crippen molar-refractivity contribution in [1.82, 2.24) is 0 Å². The lowest BCUT2D eigenvalue weighted by atomic mass is 9.93. The highest BCUT2D eigenvalue weighted by molar-refractivity contribution is 5.71. The molecule has 1 saturated carbocycles. The first-order valence-corrected chi connectivity index (χ1v) is 8.09. The summed E-state index contributed by atoms with van der Waals surface area (Å²) < 4.78 is 15.6. The summed E-state index contributed by atoms with van der Waals surface area (Å²) in [5, 5.41) is 0. The monoisotopic (exact) mass is 318 g/mol. The number of carbonyl (C=O) groups is 1. The molecule has 4 heteroatoms. The number of allylic oxidation sites excluding steroid dienone is 5. The van der Waals surface area contributed by atoms with Crippen LogP contribution in [0.2, 0.25) is 0 Å². The average Bonchev–Trinajstić information content (AvgIpc) is 3.30. The molecule has 2 aliphatic rings. The summed E-state index contributed by atoms with van der Waals surface area (Å²) in [5.41, 5.74) is 2.26. The third-order valence-electron chi connectivity index (χ3n) is 4.09. The Morgan fingerprint density at radius 2 is 2.13 bits per heavy atom. The molecule has 4 nitrogen and oxygen atoms in total. The summed E-state index contributed by atoms with van der Waals surface area (Å²) in [6.45, 7) is 3.51. The molecule has 0 aliphatic heterocycles. The molecular formula is C19H26O4. The van der Waals surface area contributed by atoms with E-state index in [9.17, 15) is 4.79 Å². The zero-order valence-corrected chi connectivity index (χ0v) is 14.2. The molecule has 0 radical (unpaired) electrons. The summed E-state index contributed by atoms with van der Waals surface area (Å²) in [4.78, 5) is 11.4. The number of ether oxygens (including phenoxy) is 3. The summed E-state index contributed by atoms with van der Waals surface area (Å²) in [7, 11) is 3.07. The Labute approximate surface area is 138 Å². The van der Waals surface area contributed by atoms with E-state index in [-0.39, 0.29) is 18.3 Å². The van der Waals surface area contributed by atoms with Gasteiger partial charge in [-0.3, -0.25) is 4.79 Å². The van der Waals surface area contributed by atoms with Crippen molar-refractivity contribution >= 4 is 5.97 Å². The van der Waals surface area contributed by atoms with Gasteiger partial charge in [-0.15, -0.1) is 0 Å². The molecule has 126 valence electrons. The van der Waals surface area contributed by atoms with Gasteiger partial charge in [0.2, 0.25) is 0 Å². The van der Waals surface area contributed by atoms with Crippen molar-refractivity contribution in [2.24, 2.45) is 11.8 Å². The fourth-order valence-corrected chi connectivity index (χ4v) is 2.50. The maximum absolute atomic E-state index is 11.4. The number of carbonyl (C=O) groups excluding carboxylic acids is 1. The molecule has 1 fully saturated rings. The molecular weight excluding hydrogens is 292 g/mol. The van der Waals surface area contributed by atoms with E-state index in [0.29, 0.717) is 6.61 Å². The van der Waals surface area contributed by atoms with Crippen LogP contribution in [0.4, 0.5) is 0 Å². The van der Waals surface area contributed by atoms with Gasteiger partial charge in [0.1, 0.15) is 5.76 Å². The fourth-order valence-electron chi connectivity index (χ4n) is 2.50. The molecule has 0 aromatic rings. The molecule has 0 amide bonds. The van der Waals surface area contributed by atoms with Crippen LogP contribution >= 0.6 is 0 Å². The highest BCUT2D eigenvalue weighted by atomic mass is 16.5. The molecule has 0 N–H and O–H groups in total. The summed E-state index contributed by atoms with van der Waals surface area (Å²) in [6.07, 6.45) is 12.9. The Balaban J connectivity index is 1.99. The van der Waals surface area contributed by atoms with Crippen LogP contribution in [0, 0.1) is 11.8 Å². The van der Waals surface area contributed by atoms with E-state index in [4.69, 9.17) is 14.2 Å². The van der Waals surface area contributed by atoms with Crippen molar-refractivity contribution < 1.29 is 19.0 Å². The SMILES string of the molecule is COC(=O)CC=C(C=CCOCC1CC1)C1C=C(OC)C=C1C. The topological polar surface area (TPSA) is 44.8 Å². The van der Waals surface area contributed by atoms with Gasteiger partial charge in [0.15, 0.2) is 0 Å². The van der Waals surface area contributed by atoms with Gasteiger partial charge in [-0.05, 0) is 43.4 Å². The second-order valence-electron chi connectivity index (χ2n) is 6.01. The molecule has 2 rings (SSSR count). The van der Waals surface area contributed by atoms with Crippen LogP contribution in [-0.4, -0.2) is 33.4 Å². The van der Waals surface area contributed by atoms with Gasteiger partial charge in [0.25, 0.3) is 0 Å². The maximum atomic E-state index is 11.4. The van der Waals surface area contributed by atoms with Gasteiger partial charge in [0, 0.05) is 12.5 Å². The number of hydrogen-bond donors (Lipinski definition) is 0. The van der Waals surface area contributed by atoms with Gasteiger partial charge < -0.3 is 14.2 Å². The van der Waals surface area contributed by atoms with Crippen molar-refractivity contribution in [3.8, 4) is 0 Å². The minimum Gasteiger partial charge on any atom is -0.497 e. The first kappa shape index (κ1) is 17.5. The normalized spacial score (nSPS) is 21.3. The molecule has 2 aliphatic carbocycles. The standard InChI is InChI=1S/C19H26O4/c1-14-11-17(21-2)12-18(14)16(8-9-19(20)22-3)5-4-10-23-13-15-6-7-15/h4-5,8,11-12,15,18H,6-7,9-10,13H2,1-3H3.